The fourth-order valence-corrected chi connectivity index (χ4v) is 0.668. The molecule has 2 N–H and O–H groups in total. The van der Waals surface area contributed by atoms with Crippen LogP contribution in [0.3, 0.4) is 0 Å². The predicted molar refractivity (Wildman–Crippen MR) is 52.6 cm³/mol. The number of urea groups is 1. The highest BCUT2D eigenvalue weighted by atomic mass is 16.5. The van der Waals surface area contributed by atoms with Crippen molar-refractivity contribution >= 4 is 12.0 Å². The number of hydrogen-bond donors (Lipinski definition) is 2. The van der Waals surface area contributed by atoms with E-state index in [2.05, 4.69) is 15.4 Å². The van der Waals surface area contributed by atoms with Gasteiger partial charge in [0, 0.05) is 6.20 Å². The average molecular weight is 200 g/mol. The molecule has 0 rings (SSSR count). The summed E-state index contributed by atoms with van der Waals surface area (Å²) in [5.41, 5.74) is 0. The first-order valence-corrected chi connectivity index (χ1v) is 4.55. The number of carbonyl (C=O) groups excluding carboxylic acids is 2. The zero-order chi connectivity index (χ0) is 10.8. The highest BCUT2D eigenvalue weighted by Crippen LogP contribution is 1.77. The van der Waals surface area contributed by atoms with Crippen LogP contribution in [0.2, 0.25) is 0 Å². The van der Waals surface area contributed by atoms with Gasteiger partial charge in [-0.2, -0.15) is 0 Å². The Morgan fingerprint density at radius 3 is 2.64 bits per heavy atom. The van der Waals surface area contributed by atoms with Gasteiger partial charge >= 0.3 is 12.0 Å². The normalized spacial score (nSPS) is 9.86. The molecule has 0 aromatic carbocycles. The third-order valence-electron chi connectivity index (χ3n) is 1.27. The second-order valence-electron chi connectivity index (χ2n) is 2.44. The van der Waals surface area contributed by atoms with Gasteiger partial charge in [-0.05, 0) is 13.3 Å². The van der Waals surface area contributed by atoms with Crippen molar-refractivity contribution in [3.63, 3.8) is 0 Å². The van der Waals surface area contributed by atoms with Gasteiger partial charge in [-0.1, -0.05) is 13.0 Å². The Kier molecular flexibility index (Phi) is 7.22. The molecule has 0 aliphatic carbocycles. The van der Waals surface area contributed by atoms with Gasteiger partial charge in [0.05, 0.1) is 6.61 Å². The lowest BCUT2D eigenvalue weighted by Crippen LogP contribution is -2.36. The summed E-state index contributed by atoms with van der Waals surface area (Å²) in [6, 6.07) is -0.414. The van der Waals surface area contributed by atoms with Crippen LogP contribution in [0.25, 0.3) is 0 Å². The van der Waals surface area contributed by atoms with Crippen molar-refractivity contribution in [2.75, 3.05) is 13.2 Å². The van der Waals surface area contributed by atoms with Crippen molar-refractivity contribution in [2.45, 2.75) is 20.3 Å². The fraction of sp³-hybridized carbons (Fsp3) is 0.556. The lowest BCUT2D eigenvalue weighted by Gasteiger charge is -2.03. The maximum Gasteiger partial charge on any atom is 0.325 e. The number of allylic oxidation sites excluding steroid dienone is 1. The molecule has 0 aromatic heterocycles. The first-order chi connectivity index (χ1) is 6.70. The van der Waals surface area contributed by atoms with Crippen LogP contribution >= 0.6 is 0 Å². The SMILES string of the molecule is CC/C=C/NC(=O)NCC(=O)OCC. The van der Waals surface area contributed by atoms with Crippen molar-refractivity contribution < 1.29 is 14.3 Å². The standard InChI is InChI=1S/C9H16N2O3/c1-3-5-6-10-9(13)11-7-8(12)14-4-2/h5-6H,3-4,7H2,1-2H3,(H2,10,11,13)/b6-5+. The van der Waals surface area contributed by atoms with E-state index in [9.17, 15) is 9.59 Å². The summed E-state index contributed by atoms with van der Waals surface area (Å²) in [4.78, 5) is 21.7. The highest BCUT2D eigenvalue weighted by Gasteiger charge is 2.03. The Hall–Kier alpha value is -1.52. The average Bonchev–Trinajstić information content (AvgIpc) is 2.16. The van der Waals surface area contributed by atoms with Crippen molar-refractivity contribution in [1.29, 1.82) is 0 Å². The third kappa shape index (κ3) is 7.15. The minimum Gasteiger partial charge on any atom is -0.465 e. The molecule has 0 heterocycles. The van der Waals surface area contributed by atoms with Crippen LogP contribution in [-0.4, -0.2) is 25.2 Å². The van der Waals surface area contributed by atoms with Gasteiger partial charge in [0.1, 0.15) is 6.54 Å². The van der Waals surface area contributed by atoms with Gasteiger partial charge in [0.25, 0.3) is 0 Å². The predicted octanol–water partition coefficient (Wildman–Crippen LogP) is 0.772. The van der Waals surface area contributed by atoms with Crippen LogP contribution in [-0.2, 0) is 9.53 Å². The monoisotopic (exact) mass is 200 g/mol. The second kappa shape index (κ2) is 8.10. The summed E-state index contributed by atoms with van der Waals surface area (Å²) >= 11 is 0. The maximum absolute atomic E-state index is 10.9. The van der Waals surface area contributed by atoms with Crippen LogP contribution in [0, 0.1) is 0 Å². The Morgan fingerprint density at radius 2 is 2.07 bits per heavy atom. The smallest absolute Gasteiger partial charge is 0.325 e. The zero-order valence-corrected chi connectivity index (χ0v) is 8.50. The number of ether oxygens (including phenoxy) is 1. The van der Waals surface area contributed by atoms with Crippen molar-refractivity contribution in [3.05, 3.63) is 12.3 Å². The van der Waals surface area contributed by atoms with E-state index in [0.717, 1.165) is 6.42 Å². The van der Waals surface area contributed by atoms with Crippen molar-refractivity contribution in [2.24, 2.45) is 0 Å². The lowest BCUT2D eigenvalue weighted by atomic mass is 10.5. The van der Waals surface area contributed by atoms with Crippen LogP contribution in [0.1, 0.15) is 20.3 Å². The Bertz CT molecular complexity index is 214. The van der Waals surface area contributed by atoms with Crippen LogP contribution in [0.4, 0.5) is 4.79 Å². The van der Waals surface area contributed by atoms with Gasteiger partial charge in [-0.15, -0.1) is 0 Å². The number of nitrogens with one attached hydrogen (secondary N) is 2. The summed E-state index contributed by atoms with van der Waals surface area (Å²) in [5, 5.41) is 4.79. The first kappa shape index (κ1) is 12.5. The molecule has 0 unspecified atom stereocenters. The van der Waals surface area contributed by atoms with E-state index in [-0.39, 0.29) is 6.54 Å². The molecule has 0 aromatic rings. The molecule has 5 nitrogen and oxygen atoms in total. The largest absolute Gasteiger partial charge is 0.465 e. The van der Waals surface area contributed by atoms with Gasteiger partial charge in [-0.3, -0.25) is 4.79 Å². The summed E-state index contributed by atoms with van der Waals surface area (Å²) in [6.45, 7) is 3.87. The molecular formula is C9H16N2O3. The molecular weight excluding hydrogens is 184 g/mol. The summed E-state index contributed by atoms with van der Waals surface area (Å²) < 4.78 is 4.62. The van der Waals surface area contributed by atoms with E-state index in [0.29, 0.717) is 6.61 Å². The lowest BCUT2D eigenvalue weighted by molar-refractivity contribution is -0.141. The number of hydrogen-bond acceptors (Lipinski definition) is 3. The van der Waals surface area contributed by atoms with E-state index in [1.807, 2.05) is 6.92 Å². The molecule has 0 spiro atoms. The number of rotatable bonds is 5. The second-order valence-corrected chi connectivity index (χ2v) is 2.44. The van der Waals surface area contributed by atoms with Gasteiger partial charge < -0.3 is 15.4 Å². The van der Waals surface area contributed by atoms with E-state index in [1.54, 1.807) is 13.0 Å². The summed E-state index contributed by atoms with van der Waals surface area (Å²) in [6.07, 6.45) is 4.17. The minimum atomic E-state index is -0.442. The van der Waals surface area contributed by atoms with Crippen molar-refractivity contribution in [1.82, 2.24) is 10.6 Å². The zero-order valence-electron chi connectivity index (χ0n) is 8.50. The highest BCUT2D eigenvalue weighted by molar-refractivity contribution is 5.81. The number of carbonyl (C=O) groups is 2. The molecule has 0 aliphatic heterocycles. The molecule has 0 radical (unpaired) electrons. The minimum absolute atomic E-state index is 0.111. The first-order valence-electron chi connectivity index (χ1n) is 4.55. The Labute approximate surface area is 83.5 Å². The Morgan fingerprint density at radius 1 is 1.36 bits per heavy atom. The van der Waals surface area contributed by atoms with Gasteiger partial charge in [0.15, 0.2) is 0 Å². The molecule has 2 amide bonds. The molecule has 0 saturated carbocycles. The number of amides is 2. The van der Waals surface area contributed by atoms with Crippen LogP contribution < -0.4 is 10.6 Å². The molecule has 14 heavy (non-hydrogen) atoms. The molecule has 0 aliphatic rings. The fourth-order valence-electron chi connectivity index (χ4n) is 0.668. The van der Waals surface area contributed by atoms with Gasteiger partial charge in [0.2, 0.25) is 0 Å². The maximum atomic E-state index is 10.9. The quantitative estimate of drug-likeness (QED) is 0.644. The van der Waals surface area contributed by atoms with E-state index < -0.39 is 12.0 Å². The van der Waals surface area contributed by atoms with Gasteiger partial charge in [-0.25, -0.2) is 4.79 Å². The third-order valence-corrected chi connectivity index (χ3v) is 1.27. The van der Waals surface area contributed by atoms with E-state index in [4.69, 9.17) is 0 Å². The molecule has 0 bridgehead atoms. The van der Waals surface area contributed by atoms with Crippen LogP contribution in [0.5, 0.6) is 0 Å². The number of esters is 1. The summed E-state index contributed by atoms with van der Waals surface area (Å²) in [5.74, 6) is -0.442. The molecule has 0 saturated heterocycles. The Balaban J connectivity index is 3.53. The molecule has 5 heteroatoms. The summed E-state index contributed by atoms with van der Waals surface area (Å²) in [7, 11) is 0. The van der Waals surface area contributed by atoms with Crippen molar-refractivity contribution in [3.8, 4) is 0 Å². The van der Waals surface area contributed by atoms with E-state index >= 15 is 0 Å². The topological polar surface area (TPSA) is 67.4 Å². The van der Waals surface area contributed by atoms with Crippen LogP contribution in [0.15, 0.2) is 12.3 Å². The molecule has 0 atom stereocenters. The molecule has 0 fully saturated rings. The molecule has 80 valence electrons. The van der Waals surface area contributed by atoms with E-state index in [1.165, 1.54) is 6.20 Å².